The first-order valence-electron chi connectivity index (χ1n) is 6.15. The minimum atomic E-state index is -2.83. The summed E-state index contributed by atoms with van der Waals surface area (Å²) in [4.78, 5) is 6.61. The Morgan fingerprint density at radius 1 is 1.33 bits per heavy atom. The zero-order chi connectivity index (χ0) is 13.0. The van der Waals surface area contributed by atoms with E-state index in [0.29, 0.717) is 25.3 Å². The SMILES string of the molecule is CNc1cccc(CN2CCCS(=O)(=O)CC2)n1. The van der Waals surface area contributed by atoms with Crippen molar-refractivity contribution in [3.05, 3.63) is 23.9 Å². The van der Waals surface area contributed by atoms with Crippen LogP contribution >= 0.6 is 0 Å². The number of sulfone groups is 1. The Labute approximate surface area is 108 Å². The Kier molecular flexibility index (Phi) is 4.19. The van der Waals surface area contributed by atoms with E-state index in [1.165, 1.54) is 0 Å². The Hall–Kier alpha value is -1.14. The summed E-state index contributed by atoms with van der Waals surface area (Å²) in [6.45, 7) is 2.14. The molecule has 0 aromatic carbocycles. The van der Waals surface area contributed by atoms with E-state index in [2.05, 4.69) is 15.2 Å². The molecule has 6 heteroatoms. The molecule has 1 fully saturated rings. The highest BCUT2D eigenvalue weighted by atomic mass is 32.2. The van der Waals surface area contributed by atoms with E-state index in [1.54, 1.807) is 0 Å². The largest absolute Gasteiger partial charge is 0.373 e. The van der Waals surface area contributed by atoms with Crippen molar-refractivity contribution < 1.29 is 8.42 Å². The molecule has 0 saturated carbocycles. The average Bonchev–Trinajstić information content (AvgIpc) is 2.51. The standard InChI is InChI=1S/C12H19N3O2S/c1-13-12-5-2-4-11(14-12)10-15-6-3-8-18(16,17)9-7-15/h2,4-5H,3,6-10H2,1H3,(H,13,14). The molecule has 0 aliphatic carbocycles. The first-order valence-corrected chi connectivity index (χ1v) is 7.98. The lowest BCUT2D eigenvalue weighted by molar-refractivity contribution is 0.284. The van der Waals surface area contributed by atoms with Gasteiger partial charge in [-0.05, 0) is 25.1 Å². The maximum Gasteiger partial charge on any atom is 0.151 e. The van der Waals surface area contributed by atoms with E-state index < -0.39 is 9.84 Å². The van der Waals surface area contributed by atoms with Crippen molar-refractivity contribution >= 4 is 15.7 Å². The Morgan fingerprint density at radius 3 is 2.94 bits per heavy atom. The number of nitrogens with one attached hydrogen (secondary N) is 1. The van der Waals surface area contributed by atoms with Gasteiger partial charge in [-0.2, -0.15) is 0 Å². The molecule has 0 bridgehead atoms. The monoisotopic (exact) mass is 269 g/mol. The molecule has 0 amide bonds. The van der Waals surface area contributed by atoms with E-state index in [1.807, 2.05) is 25.2 Å². The molecule has 0 unspecified atom stereocenters. The van der Waals surface area contributed by atoms with Crippen LogP contribution in [0.15, 0.2) is 18.2 Å². The maximum absolute atomic E-state index is 11.5. The van der Waals surface area contributed by atoms with Crippen LogP contribution in [-0.2, 0) is 16.4 Å². The fourth-order valence-corrected chi connectivity index (χ4v) is 3.39. The van der Waals surface area contributed by atoms with E-state index in [0.717, 1.165) is 18.1 Å². The summed E-state index contributed by atoms with van der Waals surface area (Å²) in [7, 11) is -0.994. The molecule has 1 aliphatic rings. The molecule has 2 heterocycles. The molecule has 2 rings (SSSR count). The van der Waals surface area contributed by atoms with Crippen molar-refractivity contribution in [1.82, 2.24) is 9.88 Å². The second-order valence-corrected chi connectivity index (χ2v) is 6.85. The highest BCUT2D eigenvalue weighted by Gasteiger charge is 2.19. The molecule has 0 atom stereocenters. The van der Waals surface area contributed by atoms with Crippen LogP contribution in [0.25, 0.3) is 0 Å². The molecule has 1 N–H and O–H groups in total. The van der Waals surface area contributed by atoms with E-state index >= 15 is 0 Å². The number of hydrogen-bond acceptors (Lipinski definition) is 5. The van der Waals surface area contributed by atoms with Crippen LogP contribution in [0.2, 0.25) is 0 Å². The third-order valence-electron chi connectivity index (χ3n) is 3.10. The Morgan fingerprint density at radius 2 is 2.17 bits per heavy atom. The predicted octanol–water partition coefficient (Wildman–Crippen LogP) is 0.744. The van der Waals surface area contributed by atoms with Crippen molar-refractivity contribution in [2.45, 2.75) is 13.0 Å². The number of pyridine rings is 1. The number of aromatic nitrogens is 1. The molecule has 0 spiro atoms. The van der Waals surface area contributed by atoms with E-state index in [-0.39, 0.29) is 5.75 Å². The lowest BCUT2D eigenvalue weighted by Crippen LogP contribution is -2.27. The summed E-state index contributed by atoms with van der Waals surface area (Å²) in [5.41, 5.74) is 0.973. The molecular formula is C12H19N3O2S. The fourth-order valence-electron chi connectivity index (χ4n) is 2.08. The normalized spacial score (nSPS) is 20.3. The second kappa shape index (κ2) is 5.67. The number of hydrogen-bond donors (Lipinski definition) is 1. The van der Waals surface area contributed by atoms with Crippen LogP contribution in [0.5, 0.6) is 0 Å². The summed E-state index contributed by atoms with van der Waals surface area (Å²) in [5.74, 6) is 1.42. The molecule has 100 valence electrons. The summed E-state index contributed by atoms with van der Waals surface area (Å²) in [5, 5.41) is 3.00. The third-order valence-corrected chi connectivity index (χ3v) is 4.81. The highest BCUT2D eigenvalue weighted by Crippen LogP contribution is 2.10. The maximum atomic E-state index is 11.5. The molecule has 5 nitrogen and oxygen atoms in total. The molecular weight excluding hydrogens is 250 g/mol. The summed E-state index contributed by atoms with van der Waals surface area (Å²) in [6, 6.07) is 5.85. The van der Waals surface area contributed by atoms with Gasteiger partial charge in [-0.1, -0.05) is 6.07 Å². The van der Waals surface area contributed by atoms with Crippen LogP contribution in [0.3, 0.4) is 0 Å². The van der Waals surface area contributed by atoms with Crippen LogP contribution in [0.1, 0.15) is 12.1 Å². The van der Waals surface area contributed by atoms with E-state index in [4.69, 9.17) is 0 Å². The first kappa shape index (κ1) is 13.3. The van der Waals surface area contributed by atoms with Gasteiger partial charge in [-0.3, -0.25) is 4.90 Å². The molecule has 18 heavy (non-hydrogen) atoms. The third kappa shape index (κ3) is 3.68. The highest BCUT2D eigenvalue weighted by molar-refractivity contribution is 7.91. The quantitative estimate of drug-likeness (QED) is 0.877. The van der Waals surface area contributed by atoms with Crippen molar-refractivity contribution in [3.63, 3.8) is 0 Å². The minimum absolute atomic E-state index is 0.263. The fraction of sp³-hybridized carbons (Fsp3) is 0.583. The zero-order valence-corrected chi connectivity index (χ0v) is 11.4. The van der Waals surface area contributed by atoms with Gasteiger partial charge in [-0.25, -0.2) is 13.4 Å². The Balaban J connectivity index is 2.00. The van der Waals surface area contributed by atoms with Crippen LogP contribution in [0, 0.1) is 0 Å². The Bertz CT molecular complexity index is 502. The van der Waals surface area contributed by atoms with Crippen molar-refractivity contribution in [3.8, 4) is 0 Å². The molecule has 1 saturated heterocycles. The van der Waals surface area contributed by atoms with Gasteiger partial charge in [0.1, 0.15) is 5.82 Å². The minimum Gasteiger partial charge on any atom is -0.373 e. The number of nitrogens with zero attached hydrogens (tertiary/aromatic N) is 2. The molecule has 1 aliphatic heterocycles. The number of anilines is 1. The smallest absolute Gasteiger partial charge is 0.151 e. The summed E-state index contributed by atoms with van der Waals surface area (Å²) < 4.78 is 23.0. The van der Waals surface area contributed by atoms with Crippen LogP contribution in [0.4, 0.5) is 5.82 Å². The molecule has 0 radical (unpaired) electrons. The van der Waals surface area contributed by atoms with Gasteiger partial charge >= 0.3 is 0 Å². The van der Waals surface area contributed by atoms with E-state index in [9.17, 15) is 8.42 Å². The van der Waals surface area contributed by atoms with Crippen molar-refractivity contribution in [1.29, 1.82) is 0 Å². The number of rotatable bonds is 3. The summed E-state index contributed by atoms with van der Waals surface area (Å²) >= 11 is 0. The second-order valence-electron chi connectivity index (χ2n) is 4.55. The van der Waals surface area contributed by atoms with Gasteiger partial charge in [0.2, 0.25) is 0 Å². The topological polar surface area (TPSA) is 62.3 Å². The summed E-state index contributed by atoms with van der Waals surface area (Å²) in [6.07, 6.45) is 0.716. The van der Waals surface area contributed by atoms with Gasteiger partial charge in [0.25, 0.3) is 0 Å². The predicted molar refractivity (Wildman–Crippen MR) is 72.3 cm³/mol. The van der Waals surface area contributed by atoms with Gasteiger partial charge in [-0.15, -0.1) is 0 Å². The zero-order valence-electron chi connectivity index (χ0n) is 10.6. The molecule has 1 aromatic heterocycles. The lowest BCUT2D eigenvalue weighted by atomic mass is 10.3. The van der Waals surface area contributed by atoms with Gasteiger partial charge in [0.05, 0.1) is 17.2 Å². The van der Waals surface area contributed by atoms with Crippen LogP contribution in [-0.4, -0.2) is 49.9 Å². The first-order chi connectivity index (χ1) is 8.59. The van der Waals surface area contributed by atoms with Gasteiger partial charge in [0, 0.05) is 20.1 Å². The van der Waals surface area contributed by atoms with Crippen molar-refractivity contribution in [2.75, 3.05) is 37.0 Å². The van der Waals surface area contributed by atoms with Crippen LogP contribution < -0.4 is 5.32 Å². The lowest BCUT2D eigenvalue weighted by Gasteiger charge is -2.18. The van der Waals surface area contributed by atoms with Gasteiger partial charge in [0.15, 0.2) is 9.84 Å². The average molecular weight is 269 g/mol. The molecule has 1 aromatic rings. The van der Waals surface area contributed by atoms with Gasteiger partial charge < -0.3 is 5.32 Å². The van der Waals surface area contributed by atoms with Crippen molar-refractivity contribution in [2.24, 2.45) is 0 Å².